The van der Waals surface area contributed by atoms with E-state index in [-0.39, 0.29) is 12.1 Å². The fraction of sp³-hybridized carbons (Fsp3) is 0.560. The van der Waals surface area contributed by atoms with E-state index in [0.717, 1.165) is 41.1 Å². The molecule has 0 bridgehead atoms. The zero-order valence-corrected chi connectivity index (χ0v) is 20.1. The molecule has 2 N–H and O–H groups in total. The van der Waals surface area contributed by atoms with Gasteiger partial charge in [0.15, 0.2) is 11.5 Å². The molecule has 2 aromatic rings. The number of benzene rings is 1. The van der Waals surface area contributed by atoms with Gasteiger partial charge in [-0.25, -0.2) is 0 Å². The zero-order chi connectivity index (χ0) is 22.2. The normalized spacial score (nSPS) is 20.4. The summed E-state index contributed by atoms with van der Waals surface area (Å²) >= 11 is 1.77. The lowest BCUT2D eigenvalue weighted by Gasteiger charge is -2.36. The Balaban J connectivity index is 1.60. The average molecular weight is 443 g/mol. The largest absolute Gasteiger partial charge is 0.490 e. The van der Waals surface area contributed by atoms with Gasteiger partial charge in [-0.1, -0.05) is 33.3 Å². The van der Waals surface area contributed by atoms with Crippen molar-refractivity contribution in [2.45, 2.75) is 66.5 Å². The second kappa shape index (κ2) is 8.73. The minimum Gasteiger partial charge on any atom is -0.490 e. The van der Waals surface area contributed by atoms with Crippen LogP contribution in [0.3, 0.4) is 0 Å². The van der Waals surface area contributed by atoms with E-state index in [1.807, 2.05) is 32.0 Å². The van der Waals surface area contributed by atoms with Crippen LogP contribution in [0.4, 0.5) is 5.00 Å². The molecular weight excluding hydrogens is 408 g/mol. The molecule has 2 unspecified atom stereocenters. The van der Waals surface area contributed by atoms with Gasteiger partial charge in [0.1, 0.15) is 11.2 Å². The topological polar surface area (TPSA) is 59.6 Å². The Hall–Kier alpha value is -2.21. The highest BCUT2D eigenvalue weighted by molar-refractivity contribution is 7.16. The van der Waals surface area contributed by atoms with Crippen molar-refractivity contribution < 1.29 is 14.3 Å². The molecule has 0 saturated carbocycles. The monoisotopic (exact) mass is 442 g/mol. The van der Waals surface area contributed by atoms with Gasteiger partial charge in [0.25, 0.3) is 5.91 Å². The molecule has 5 nitrogen and oxygen atoms in total. The van der Waals surface area contributed by atoms with E-state index in [0.29, 0.717) is 30.3 Å². The van der Waals surface area contributed by atoms with Gasteiger partial charge in [-0.3, -0.25) is 4.79 Å². The average Bonchev–Trinajstić information content (AvgIpc) is 3.13. The SMILES string of the molecule is CCOc1ccc(C2NC(=O)c3c(sc4c3CCC(C(C)(C)CC)C4)N2)cc1OCC. The molecule has 1 amide bonds. The lowest BCUT2D eigenvalue weighted by molar-refractivity contribution is 0.0934. The van der Waals surface area contributed by atoms with Gasteiger partial charge in [0.2, 0.25) is 0 Å². The van der Waals surface area contributed by atoms with Crippen molar-refractivity contribution >= 4 is 22.2 Å². The molecule has 0 fully saturated rings. The van der Waals surface area contributed by atoms with Gasteiger partial charge in [0.05, 0.1) is 18.8 Å². The molecule has 1 aliphatic carbocycles. The van der Waals surface area contributed by atoms with Crippen LogP contribution in [0.2, 0.25) is 0 Å². The molecular formula is C25H34N2O3S. The number of amides is 1. The predicted octanol–water partition coefficient (Wildman–Crippen LogP) is 5.94. The minimum absolute atomic E-state index is 0.0243. The third-order valence-electron chi connectivity index (χ3n) is 6.96. The van der Waals surface area contributed by atoms with Crippen molar-refractivity contribution in [3.05, 3.63) is 39.8 Å². The van der Waals surface area contributed by atoms with Crippen molar-refractivity contribution in [3.63, 3.8) is 0 Å². The molecule has 1 aromatic carbocycles. The molecule has 31 heavy (non-hydrogen) atoms. The predicted molar refractivity (Wildman–Crippen MR) is 127 cm³/mol. The Labute approximate surface area is 189 Å². The summed E-state index contributed by atoms with van der Waals surface area (Å²) in [6.07, 6.45) is 4.12. The molecule has 1 aromatic heterocycles. The number of fused-ring (bicyclic) bond motifs is 3. The summed E-state index contributed by atoms with van der Waals surface area (Å²) in [5, 5.41) is 7.74. The van der Waals surface area contributed by atoms with E-state index in [2.05, 4.69) is 31.4 Å². The van der Waals surface area contributed by atoms with Gasteiger partial charge in [-0.05, 0) is 67.7 Å². The van der Waals surface area contributed by atoms with E-state index in [9.17, 15) is 4.79 Å². The summed E-state index contributed by atoms with van der Waals surface area (Å²) in [6, 6.07) is 5.87. The van der Waals surface area contributed by atoms with Crippen molar-refractivity contribution in [2.75, 3.05) is 18.5 Å². The van der Waals surface area contributed by atoms with Crippen LogP contribution in [0, 0.1) is 11.3 Å². The molecule has 2 aliphatic rings. The van der Waals surface area contributed by atoms with Gasteiger partial charge < -0.3 is 20.1 Å². The highest BCUT2D eigenvalue weighted by Gasteiger charge is 2.37. The Kier molecular flexibility index (Phi) is 6.20. The van der Waals surface area contributed by atoms with Crippen LogP contribution in [0.5, 0.6) is 11.5 Å². The Morgan fingerprint density at radius 1 is 1.10 bits per heavy atom. The minimum atomic E-state index is -0.280. The highest BCUT2D eigenvalue weighted by Crippen LogP contribution is 2.47. The number of carbonyl (C=O) groups is 1. The number of hydrogen-bond donors (Lipinski definition) is 2. The van der Waals surface area contributed by atoms with Gasteiger partial charge >= 0.3 is 0 Å². The number of anilines is 1. The number of carbonyl (C=O) groups excluding carboxylic acids is 1. The van der Waals surface area contributed by atoms with E-state index < -0.39 is 0 Å². The van der Waals surface area contributed by atoms with Gasteiger partial charge in [-0.2, -0.15) is 0 Å². The Morgan fingerprint density at radius 2 is 1.84 bits per heavy atom. The molecule has 2 heterocycles. The fourth-order valence-corrected chi connectivity index (χ4v) is 6.02. The molecule has 4 rings (SSSR count). The quantitative estimate of drug-likeness (QED) is 0.557. The molecule has 6 heteroatoms. The van der Waals surface area contributed by atoms with E-state index in [4.69, 9.17) is 9.47 Å². The molecule has 1 aliphatic heterocycles. The van der Waals surface area contributed by atoms with Crippen molar-refractivity contribution in [1.29, 1.82) is 0 Å². The molecule has 0 spiro atoms. The first-order valence-corrected chi connectivity index (χ1v) is 12.3. The van der Waals surface area contributed by atoms with E-state index in [1.54, 1.807) is 11.3 Å². The summed E-state index contributed by atoms with van der Waals surface area (Å²) < 4.78 is 11.5. The lowest BCUT2D eigenvalue weighted by atomic mass is 9.69. The number of rotatable bonds is 7. The van der Waals surface area contributed by atoms with Crippen LogP contribution >= 0.6 is 11.3 Å². The first-order valence-electron chi connectivity index (χ1n) is 11.5. The van der Waals surface area contributed by atoms with Crippen LogP contribution in [0.1, 0.15) is 80.0 Å². The second-order valence-electron chi connectivity index (χ2n) is 9.11. The summed E-state index contributed by atoms with van der Waals surface area (Å²) in [5.41, 5.74) is 3.41. The number of ether oxygens (including phenoxy) is 2. The van der Waals surface area contributed by atoms with Crippen molar-refractivity contribution in [1.82, 2.24) is 5.32 Å². The maximum absolute atomic E-state index is 13.1. The first kappa shape index (κ1) is 22.0. The van der Waals surface area contributed by atoms with Gasteiger partial charge in [-0.15, -0.1) is 11.3 Å². The molecule has 2 atom stereocenters. The number of nitrogens with one attached hydrogen (secondary N) is 2. The summed E-state index contributed by atoms with van der Waals surface area (Å²) in [4.78, 5) is 14.5. The first-order chi connectivity index (χ1) is 14.9. The van der Waals surface area contributed by atoms with Gasteiger partial charge in [0, 0.05) is 4.88 Å². The Bertz CT molecular complexity index is 966. The maximum atomic E-state index is 13.1. The zero-order valence-electron chi connectivity index (χ0n) is 19.3. The fourth-order valence-electron chi connectivity index (χ4n) is 4.67. The molecule has 168 valence electrons. The summed E-state index contributed by atoms with van der Waals surface area (Å²) in [7, 11) is 0. The molecule has 0 radical (unpaired) electrons. The van der Waals surface area contributed by atoms with Crippen molar-refractivity contribution in [2.24, 2.45) is 11.3 Å². The second-order valence-corrected chi connectivity index (χ2v) is 10.2. The van der Waals surface area contributed by atoms with E-state index in [1.165, 1.54) is 16.9 Å². The summed E-state index contributed by atoms with van der Waals surface area (Å²) in [6.45, 7) is 12.1. The summed E-state index contributed by atoms with van der Waals surface area (Å²) in [5.74, 6) is 2.13. The third kappa shape index (κ3) is 4.14. The van der Waals surface area contributed by atoms with Crippen LogP contribution in [-0.4, -0.2) is 19.1 Å². The van der Waals surface area contributed by atoms with Crippen LogP contribution in [0.25, 0.3) is 0 Å². The maximum Gasteiger partial charge on any atom is 0.256 e. The number of hydrogen-bond acceptors (Lipinski definition) is 5. The van der Waals surface area contributed by atoms with E-state index >= 15 is 0 Å². The smallest absolute Gasteiger partial charge is 0.256 e. The van der Waals surface area contributed by atoms with Crippen LogP contribution < -0.4 is 20.1 Å². The third-order valence-corrected chi connectivity index (χ3v) is 8.15. The van der Waals surface area contributed by atoms with Crippen LogP contribution in [-0.2, 0) is 12.8 Å². The highest BCUT2D eigenvalue weighted by atomic mass is 32.1. The van der Waals surface area contributed by atoms with Crippen molar-refractivity contribution in [3.8, 4) is 11.5 Å². The Morgan fingerprint density at radius 3 is 2.55 bits per heavy atom. The standard InChI is InChI=1S/C25H34N2O3S/c1-6-25(4,5)16-10-11-17-20(14-16)31-24-21(17)23(28)26-22(27-24)15-9-12-18(29-7-2)19(13-15)30-8-3/h9,12-13,16,22,27H,6-8,10-11,14H2,1-5H3,(H,26,28). The van der Waals surface area contributed by atoms with Crippen LogP contribution in [0.15, 0.2) is 18.2 Å². The number of thiophene rings is 1. The lowest BCUT2D eigenvalue weighted by Crippen LogP contribution is -2.38. The molecule has 0 saturated heterocycles.